The van der Waals surface area contributed by atoms with E-state index in [1.807, 2.05) is 0 Å². The quantitative estimate of drug-likeness (QED) is 0.177. The molecule has 1 aliphatic rings. The number of hydrogen-bond donors (Lipinski definition) is 0. The third-order valence-corrected chi connectivity index (χ3v) is 11.9. The summed E-state index contributed by atoms with van der Waals surface area (Å²) in [4.78, 5) is 2.47. The number of fused-ring (bicyclic) bond motifs is 9. The molecule has 10 aromatic rings. The van der Waals surface area contributed by atoms with Crippen LogP contribution in [0, 0.1) is 0 Å². The zero-order valence-corrected chi connectivity index (χ0v) is 30.8. The maximum atomic E-state index is 6.46. The molecule has 11 rings (SSSR count). The van der Waals surface area contributed by atoms with Gasteiger partial charge in [0.05, 0.1) is 11.4 Å². The highest BCUT2D eigenvalue weighted by Crippen LogP contribution is 2.55. The Morgan fingerprint density at radius 2 is 1.07 bits per heavy atom. The van der Waals surface area contributed by atoms with Crippen molar-refractivity contribution in [3.63, 3.8) is 0 Å². The zero-order valence-electron chi connectivity index (χ0n) is 30.8. The largest absolute Gasteiger partial charge is 0.456 e. The van der Waals surface area contributed by atoms with Crippen LogP contribution in [0.2, 0.25) is 0 Å². The second-order valence-electron chi connectivity index (χ2n) is 15.3. The molecule has 0 atom stereocenters. The summed E-state index contributed by atoms with van der Waals surface area (Å²) in [5, 5.41) is 7.24. The lowest BCUT2D eigenvalue weighted by atomic mass is 9.82. The first kappa shape index (κ1) is 31.6. The van der Waals surface area contributed by atoms with E-state index >= 15 is 0 Å². The molecular weight excluding hydrogens is 667 g/mol. The van der Waals surface area contributed by atoms with Gasteiger partial charge in [-0.2, -0.15) is 0 Å². The van der Waals surface area contributed by atoms with Crippen molar-refractivity contribution in [2.24, 2.45) is 0 Å². The van der Waals surface area contributed by atoms with Crippen LogP contribution in [0.5, 0.6) is 0 Å². The molecule has 1 aliphatic carbocycles. The van der Waals surface area contributed by atoms with Crippen LogP contribution in [0.1, 0.15) is 25.0 Å². The van der Waals surface area contributed by atoms with E-state index in [0.29, 0.717) is 0 Å². The average molecular weight is 704 g/mol. The van der Waals surface area contributed by atoms with Gasteiger partial charge >= 0.3 is 0 Å². The van der Waals surface area contributed by atoms with Crippen molar-refractivity contribution >= 4 is 60.5 Å². The summed E-state index contributed by atoms with van der Waals surface area (Å²) < 4.78 is 6.46. The second-order valence-corrected chi connectivity index (χ2v) is 15.3. The van der Waals surface area contributed by atoms with Crippen LogP contribution in [-0.2, 0) is 5.41 Å². The predicted octanol–water partition coefficient (Wildman–Crippen LogP) is 15.0. The molecule has 0 radical (unpaired) electrons. The van der Waals surface area contributed by atoms with E-state index in [0.717, 1.165) is 39.1 Å². The first-order chi connectivity index (χ1) is 27.0. The normalized spacial score (nSPS) is 13.1. The fourth-order valence-electron chi connectivity index (χ4n) is 9.13. The summed E-state index contributed by atoms with van der Waals surface area (Å²) >= 11 is 0. The first-order valence-electron chi connectivity index (χ1n) is 19.1. The van der Waals surface area contributed by atoms with Crippen molar-refractivity contribution in [2.75, 3.05) is 4.90 Å². The van der Waals surface area contributed by atoms with Gasteiger partial charge in [0.1, 0.15) is 11.2 Å². The van der Waals surface area contributed by atoms with Gasteiger partial charge in [0, 0.05) is 33.0 Å². The van der Waals surface area contributed by atoms with Gasteiger partial charge in [0.2, 0.25) is 0 Å². The highest BCUT2D eigenvalue weighted by Gasteiger charge is 2.38. The Labute approximate surface area is 320 Å². The molecule has 260 valence electrons. The minimum atomic E-state index is -0.114. The van der Waals surface area contributed by atoms with Crippen molar-refractivity contribution in [1.82, 2.24) is 0 Å². The van der Waals surface area contributed by atoms with Gasteiger partial charge in [0.25, 0.3) is 0 Å². The van der Waals surface area contributed by atoms with E-state index in [1.54, 1.807) is 0 Å². The topological polar surface area (TPSA) is 16.4 Å². The van der Waals surface area contributed by atoms with Gasteiger partial charge in [0.15, 0.2) is 0 Å². The van der Waals surface area contributed by atoms with Crippen molar-refractivity contribution in [3.05, 3.63) is 199 Å². The standard InChI is InChI=1S/C53H37NO/c1-53(2)45-18-9-7-17-43(45)52-46(53)19-11-21-48(52)54(47-20-10-8-15-41(47)39-23-22-34-12-3-4-14-37(34)32-39)40-28-24-35(25-29-40)38-26-30-44-50(33-38)55-49-31-27-36-13-5-6-16-42(36)51(44)49/h3-33H,1-2H3. The molecule has 0 fully saturated rings. The van der Waals surface area contributed by atoms with E-state index in [9.17, 15) is 0 Å². The lowest BCUT2D eigenvalue weighted by Crippen LogP contribution is -2.16. The van der Waals surface area contributed by atoms with Crippen molar-refractivity contribution in [2.45, 2.75) is 19.3 Å². The number of hydrogen-bond acceptors (Lipinski definition) is 2. The van der Waals surface area contributed by atoms with Gasteiger partial charge in [-0.15, -0.1) is 0 Å². The van der Waals surface area contributed by atoms with Crippen LogP contribution in [0.15, 0.2) is 192 Å². The number of rotatable bonds is 5. The summed E-state index contributed by atoms with van der Waals surface area (Å²) in [6, 6.07) is 68.5. The van der Waals surface area contributed by atoms with E-state index in [2.05, 4.69) is 207 Å². The summed E-state index contributed by atoms with van der Waals surface area (Å²) in [6.45, 7) is 4.70. The van der Waals surface area contributed by atoms with Gasteiger partial charge in [-0.1, -0.05) is 153 Å². The third kappa shape index (κ3) is 4.88. The van der Waals surface area contributed by atoms with Crippen LogP contribution in [0.3, 0.4) is 0 Å². The fraction of sp³-hybridized carbons (Fsp3) is 0.0566. The summed E-state index contributed by atoms with van der Waals surface area (Å²) in [6.07, 6.45) is 0. The van der Waals surface area contributed by atoms with Crippen LogP contribution in [0.25, 0.3) is 76.9 Å². The van der Waals surface area contributed by atoms with Gasteiger partial charge in [-0.05, 0) is 103 Å². The Kier molecular flexibility index (Phi) is 6.93. The lowest BCUT2D eigenvalue weighted by Gasteiger charge is -2.30. The van der Waals surface area contributed by atoms with E-state index in [-0.39, 0.29) is 5.41 Å². The Bertz CT molecular complexity index is 3130. The minimum Gasteiger partial charge on any atom is -0.456 e. The fourth-order valence-corrected chi connectivity index (χ4v) is 9.13. The van der Waals surface area contributed by atoms with E-state index in [4.69, 9.17) is 4.42 Å². The van der Waals surface area contributed by atoms with E-state index in [1.165, 1.54) is 66.0 Å². The maximum absolute atomic E-state index is 6.46. The molecule has 2 nitrogen and oxygen atoms in total. The molecule has 0 N–H and O–H groups in total. The monoisotopic (exact) mass is 703 g/mol. The van der Waals surface area contributed by atoms with Gasteiger partial charge in [-0.3, -0.25) is 0 Å². The Balaban J connectivity index is 1.08. The molecule has 0 bridgehead atoms. The van der Waals surface area contributed by atoms with Gasteiger partial charge in [-0.25, -0.2) is 0 Å². The highest BCUT2D eigenvalue weighted by atomic mass is 16.3. The zero-order chi connectivity index (χ0) is 36.7. The summed E-state index contributed by atoms with van der Waals surface area (Å²) in [7, 11) is 0. The van der Waals surface area contributed by atoms with Crippen LogP contribution >= 0.6 is 0 Å². The molecule has 0 spiro atoms. The number of para-hydroxylation sites is 1. The molecule has 0 aliphatic heterocycles. The molecule has 1 heterocycles. The molecule has 0 amide bonds. The third-order valence-electron chi connectivity index (χ3n) is 11.9. The van der Waals surface area contributed by atoms with Crippen LogP contribution < -0.4 is 4.90 Å². The summed E-state index contributed by atoms with van der Waals surface area (Å²) in [5.41, 5.74) is 15.1. The molecule has 0 saturated heterocycles. The number of benzene rings is 9. The smallest absolute Gasteiger partial charge is 0.136 e. The number of furan rings is 1. The predicted molar refractivity (Wildman–Crippen MR) is 232 cm³/mol. The molecule has 55 heavy (non-hydrogen) atoms. The van der Waals surface area contributed by atoms with Crippen LogP contribution in [0.4, 0.5) is 17.1 Å². The molecule has 1 aromatic heterocycles. The molecule has 0 unspecified atom stereocenters. The Morgan fingerprint density at radius 3 is 1.95 bits per heavy atom. The number of nitrogens with zero attached hydrogens (tertiary/aromatic N) is 1. The Hall–Kier alpha value is -6.90. The SMILES string of the molecule is CC1(C)c2ccccc2-c2c(N(c3ccc(-c4ccc5c(c4)oc4ccc6ccccc6c45)cc3)c3ccccc3-c3ccc4ccccc4c3)cccc21. The van der Waals surface area contributed by atoms with Crippen molar-refractivity contribution < 1.29 is 4.42 Å². The second kappa shape index (κ2) is 12.1. The highest BCUT2D eigenvalue weighted by molar-refractivity contribution is 6.19. The molecular formula is C53H37NO. The Morgan fingerprint density at radius 1 is 0.418 bits per heavy atom. The molecule has 2 heteroatoms. The van der Waals surface area contributed by atoms with E-state index < -0.39 is 0 Å². The number of anilines is 3. The lowest BCUT2D eigenvalue weighted by molar-refractivity contribution is 0.660. The molecule has 9 aromatic carbocycles. The first-order valence-corrected chi connectivity index (χ1v) is 19.1. The molecule has 0 saturated carbocycles. The van der Waals surface area contributed by atoms with Crippen molar-refractivity contribution in [3.8, 4) is 33.4 Å². The van der Waals surface area contributed by atoms with Gasteiger partial charge < -0.3 is 9.32 Å². The summed E-state index contributed by atoms with van der Waals surface area (Å²) in [5.74, 6) is 0. The van der Waals surface area contributed by atoms with Crippen LogP contribution in [-0.4, -0.2) is 0 Å². The maximum Gasteiger partial charge on any atom is 0.136 e. The average Bonchev–Trinajstić information content (AvgIpc) is 3.73. The minimum absolute atomic E-state index is 0.114. The van der Waals surface area contributed by atoms with Crippen molar-refractivity contribution in [1.29, 1.82) is 0 Å².